The maximum atomic E-state index is 12.9. The topological polar surface area (TPSA) is 84.2 Å². The van der Waals surface area contributed by atoms with Crippen molar-refractivity contribution in [3.63, 3.8) is 0 Å². The van der Waals surface area contributed by atoms with Crippen molar-refractivity contribution >= 4 is 26.8 Å². The zero-order chi connectivity index (χ0) is 18.9. The summed E-state index contributed by atoms with van der Waals surface area (Å²) in [6.45, 7) is 7.92. The Labute approximate surface area is 154 Å². The van der Waals surface area contributed by atoms with E-state index in [0.29, 0.717) is 16.9 Å². The molecule has 0 aromatic carbocycles. The molecule has 7 nitrogen and oxygen atoms in total. The molecule has 1 aromatic rings. The highest BCUT2D eigenvalue weighted by atomic mass is 35.5. The minimum absolute atomic E-state index is 0.0131. The van der Waals surface area contributed by atoms with Crippen LogP contribution < -0.4 is 0 Å². The molecular weight excluding hydrogens is 390 g/mol. The van der Waals surface area contributed by atoms with E-state index in [0.717, 1.165) is 0 Å². The van der Waals surface area contributed by atoms with Crippen molar-refractivity contribution in [2.45, 2.75) is 45.9 Å². The second kappa shape index (κ2) is 10.9. The molecular formula is C15H27ClO7P2. The zero-order valence-electron chi connectivity index (χ0n) is 15.2. The minimum atomic E-state index is -3.37. The standard InChI is InChI=1S/C15H27ClO7P2/c1-5-20-24(17,21-6-2)11-14-13(9-16)10-19-15(14)12-25(18,22-7-3)23-8-4/h10H,5-9,11-12H2,1-4H3. The molecule has 0 aliphatic heterocycles. The molecule has 10 heteroatoms. The fraction of sp³-hybridized carbons (Fsp3) is 0.733. The van der Waals surface area contributed by atoms with Crippen LogP contribution in [-0.2, 0) is 45.4 Å². The third-order valence-corrected chi connectivity index (χ3v) is 7.48. The molecule has 0 saturated carbocycles. The van der Waals surface area contributed by atoms with Crippen LogP contribution in [0.1, 0.15) is 44.6 Å². The summed E-state index contributed by atoms with van der Waals surface area (Å²) in [4.78, 5) is 0. The first-order valence-corrected chi connectivity index (χ1v) is 12.3. The first kappa shape index (κ1) is 22.9. The van der Waals surface area contributed by atoms with E-state index in [2.05, 4.69) is 0 Å². The molecule has 25 heavy (non-hydrogen) atoms. The van der Waals surface area contributed by atoms with Crippen LogP contribution in [0.5, 0.6) is 0 Å². The summed E-state index contributed by atoms with van der Waals surface area (Å²) in [6.07, 6.45) is 1.38. The van der Waals surface area contributed by atoms with Crippen LogP contribution in [0, 0.1) is 0 Å². The Morgan fingerprint density at radius 1 is 0.880 bits per heavy atom. The van der Waals surface area contributed by atoms with Crippen LogP contribution in [0.25, 0.3) is 0 Å². The van der Waals surface area contributed by atoms with Crippen molar-refractivity contribution in [3.05, 3.63) is 23.2 Å². The summed E-state index contributed by atoms with van der Waals surface area (Å²) < 4.78 is 52.5. The van der Waals surface area contributed by atoms with Crippen LogP contribution in [0.4, 0.5) is 0 Å². The van der Waals surface area contributed by atoms with Gasteiger partial charge in [-0.2, -0.15) is 0 Å². The number of hydrogen-bond acceptors (Lipinski definition) is 7. The van der Waals surface area contributed by atoms with Crippen molar-refractivity contribution in [1.82, 2.24) is 0 Å². The SMILES string of the molecule is CCOP(=O)(Cc1occ(CCl)c1CP(=O)(OCC)OCC)OCC. The lowest BCUT2D eigenvalue weighted by Gasteiger charge is -2.19. The van der Waals surface area contributed by atoms with E-state index in [1.165, 1.54) is 6.26 Å². The van der Waals surface area contributed by atoms with Crippen molar-refractivity contribution in [2.24, 2.45) is 0 Å². The van der Waals surface area contributed by atoms with Gasteiger partial charge in [-0.25, -0.2) is 0 Å². The monoisotopic (exact) mass is 416 g/mol. The number of rotatable bonds is 13. The molecule has 146 valence electrons. The molecule has 0 saturated heterocycles. The fourth-order valence-corrected chi connectivity index (χ4v) is 6.01. The number of halogens is 1. The lowest BCUT2D eigenvalue weighted by atomic mass is 10.2. The smallest absolute Gasteiger partial charge is 0.338 e. The van der Waals surface area contributed by atoms with Crippen LogP contribution in [0.3, 0.4) is 0 Å². The minimum Gasteiger partial charge on any atom is -0.468 e. The Morgan fingerprint density at radius 3 is 1.72 bits per heavy atom. The van der Waals surface area contributed by atoms with Crippen molar-refractivity contribution in [1.29, 1.82) is 0 Å². The van der Waals surface area contributed by atoms with Gasteiger partial charge in [0.2, 0.25) is 0 Å². The van der Waals surface area contributed by atoms with Gasteiger partial charge in [0.15, 0.2) is 0 Å². The molecule has 0 N–H and O–H groups in total. The highest BCUT2D eigenvalue weighted by molar-refractivity contribution is 7.53. The van der Waals surface area contributed by atoms with Crippen molar-refractivity contribution in [3.8, 4) is 0 Å². The zero-order valence-corrected chi connectivity index (χ0v) is 17.7. The van der Waals surface area contributed by atoms with Crippen LogP contribution >= 0.6 is 26.8 Å². The number of furan rings is 1. The molecule has 0 bridgehead atoms. The Bertz CT molecular complexity index is 597. The van der Waals surface area contributed by atoms with Crippen molar-refractivity contribution < 1.29 is 31.6 Å². The summed E-state index contributed by atoms with van der Waals surface area (Å²) >= 11 is 5.96. The van der Waals surface area contributed by atoms with Gasteiger partial charge in [-0.1, -0.05) is 0 Å². The van der Waals surface area contributed by atoms with Gasteiger partial charge in [0.1, 0.15) is 11.9 Å². The second-order valence-corrected chi connectivity index (χ2v) is 9.38. The van der Waals surface area contributed by atoms with E-state index < -0.39 is 15.2 Å². The summed E-state index contributed by atoms with van der Waals surface area (Å²) in [6, 6.07) is 0. The molecule has 0 aliphatic rings. The van der Waals surface area contributed by atoms with E-state index in [1.54, 1.807) is 27.7 Å². The molecule has 1 rings (SSSR count). The van der Waals surface area contributed by atoms with Gasteiger partial charge < -0.3 is 22.5 Å². The van der Waals surface area contributed by atoms with Gasteiger partial charge in [0, 0.05) is 11.1 Å². The van der Waals surface area contributed by atoms with Crippen LogP contribution in [-0.4, -0.2) is 26.4 Å². The summed E-state index contributed by atoms with van der Waals surface area (Å²) in [5, 5.41) is 0. The molecule has 1 heterocycles. The lowest BCUT2D eigenvalue weighted by Crippen LogP contribution is -2.04. The predicted molar refractivity (Wildman–Crippen MR) is 97.4 cm³/mol. The second-order valence-electron chi connectivity index (χ2n) is 5.01. The average molecular weight is 417 g/mol. The number of alkyl halides is 1. The van der Waals surface area contributed by atoms with Crippen LogP contribution in [0.2, 0.25) is 0 Å². The van der Waals surface area contributed by atoms with Gasteiger partial charge in [0.05, 0.1) is 44.7 Å². The van der Waals surface area contributed by atoms with E-state index in [-0.39, 0.29) is 44.6 Å². The van der Waals surface area contributed by atoms with Gasteiger partial charge in [0.25, 0.3) is 0 Å². The highest BCUT2D eigenvalue weighted by Crippen LogP contribution is 2.56. The Morgan fingerprint density at radius 2 is 1.32 bits per heavy atom. The van der Waals surface area contributed by atoms with Gasteiger partial charge in [-0.05, 0) is 27.7 Å². The highest BCUT2D eigenvalue weighted by Gasteiger charge is 2.33. The normalized spacial score (nSPS) is 12.7. The average Bonchev–Trinajstić information content (AvgIpc) is 2.89. The molecule has 0 fully saturated rings. The van der Waals surface area contributed by atoms with Crippen LogP contribution in [0.15, 0.2) is 10.7 Å². The summed E-state index contributed by atoms with van der Waals surface area (Å²) in [5.74, 6) is 0.519. The van der Waals surface area contributed by atoms with Gasteiger partial charge in [-0.3, -0.25) is 9.13 Å². The van der Waals surface area contributed by atoms with E-state index in [4.69, 9.17) is 34.1 Å². The maximum absolute atomic E-state index is 12.9. The first-order chi connectivity index (χ1) is 11.9. The summed E-state index contributed by atoms with van der Waals surface area (Å²) in [7, 11) is -6.73. The predicted octanol–water partition coefficient (Wildman–Crippen LogP) is 5.55. The quantitative estimate of drug-likeness (QED) is 0.308. The van der Waals surface area contributed by atoms with Gasteiger partial charge in [-0.15, -0.1) is 11.6 Å². The Hall–Kier alpha value is -0.130. The third-order valence-electron chi connectivity index (χ3n) is 3.20. The molecule has 0 aliphatic carbocycles. The van der Waals surface area contributed by atoms with E-state index in [1.807, 2.05) is 0 Å². The Balaban J connectivity index is 3.16. The number of hydrogen-bond donors (Lipinski definition) is 0. The first-order valence-electron chi connectivity index (χ1n) is 8.27. The molecule has 1 aromatic heterocycles. The van der Waals surface area contributed by atoms with E-state index >= 15 is 0 Å². The Kier molecular flexibility index (Phi) is 9.97. The molecule has 0 atom stereocenters. The molecule has 0 amide bonds. The maximum Gasteiger partial charge on any atom is 0.338 e. The molecule has 0 unspecified atom stereocenters. The third kappa shape index (κ3) is 6.84. The fourth-order valence-electron chi connectivity index (χ4n) is 2.31. The van der Waals surface area contributed by atoms with Crippen molar-refractivity contribution in [2.75, 3.05) is 26.4 Å². The molecule has 0 spiro atoms. The molecule has 0 radical (unpaired) electrons. The van der Waals surface area contributed by atoms with E-state index in [9.17, 15) is 9.13 Å². The van der Waals surface area contributed by atoms with Gasteiger partial charge >= 0.3 is 15.2 Å². The summed E-state index contributed by atoms with van der Waals surface area (Å²) in [5.41, 5.74) is 1.22. The largest absolute Gasteiger partial charge is 0.468 e. The lowest BCUT2D eigenvalue weighted by molar-refractivity contribution is 0.215.